The molecule has 1 aromatic heterocycles. The first-order valence-electron chi connectivity index (χ1n) is 9.11. The van der Waals surface area contributed by atoms with Gasteiger partial charge in [-0.3, -0.25) is 4.79 Å². The smallest absolute Gasteiger partial charge is 0.340 e. The third kappa shape index (κ3) is 4.38. The Balaban J connectivity index is 1.66. The van der Waals surface area contributed by atoms with Crippen LogP contribution in [0.1, 0.15) is 39.0 Å². The number of aryl methyl sites for hydroxylation is 1. The Morgan fingerprint density at radius 3 is 2.25 bits per heavy atom. The molecule has 1 atom stereocenters. The number of aliphatic hydroxyl groups is 1. The van der Waals surface area contributed by atoms with E-state index in [-0.39, 0.29) is 5.78 Å². The minimum atomic E-state index is -1.40. The number of ketones is 1. The molecule has 0 bridgehead atoms. The van der Waals surface area contributed by atoms with E-state index in [2.05, 4.69) is 4.57 Å². The van der Waals surface area contributed by atoms with E-state index in [0.29, 0.717) is 17.7 Å². The molecule has 0 aliphatic rings. The van der Waals surface area contributed by atoms with Crippen molar-refractivity contribution >= 4 is 11.8 Å². The molecule has 0 unspecified atom stereocenters. The average Bonchev–Trinajstić information content (AvgIpc) is 3.01. The Hall–Kier alpha value is -3.18. The van der Waals surface area contributed by atoms with E-state index in [4.69, 9.17) is 4.74 Å². The molecule has 1 N–H and O–H groups in total. The van der Waals surface area contributed by atoms with Gasteiger partial charge in [-0.1, -0.05) is 60.7 Å². The molecule has 5 nitrogen and oxygen atoms in total. The molecule has 0 radical (unpaired) electrons. The first-order valence-corrected chi connectivity index (χ1v) is 9.11. The highest BCUT2D eigenvalue weighted by atomic mass is 16.5. The Kier molecular flexibility index (Phi) is 6.06. The number of aliphatic hydroxyl groups excluding tert-OH is 1. The van der Waals surface area contributed by atoms with Crippen LogP contribution in [0.15, 0.2) is 66.7 Å². The summed E-state index contributed by atoms with van der Waals surface area (Å²) in [4.78, 5) is 24.6. The predicted octanol–water partition coefficient (Wildman–Crippen LogP) is 3.61. The number of benzene rings is 2. The quantitative estimate of drug-likeness (QED) is 0.504. The van der Waals surface area contributed by atoms with Crippen molar-refractivity contribution in [3.8, 4) is 0 Å². The van der Waals surface area contributed by atoms with Crippen molar-refractivity contribution in [2.45, 2.75) is 26.5 Å². The van der Waals surface area contributed by atoms with Crippen LogP contribution in [0.4, 0.5) is 0 Å². The van der Waals surface area contributed by atoms with E-state index in [9.17, 15) is 14.7 Å². The zero-order valence-electron chi connectivity index (χ0n) is 16.0. The molecule has 0 saturated carbocycles. The van der Waals surface area contributed by atoms with Gasteiger partial charge >= 0.3 is 5.97 Å². The van der Waals surface area contributed by atoms with Gasteiger partial charge in [0.05, 0.1) is 0 Å². The monoisotopic (exact) mass is 377 g/mol. The summed E-state index contributed by atoms with van der Waals surface area (Å²) in [5.41, 5.74) is 3.88. The van der Waals surface area contributed by atoms with E-state index < -0.39 is 18.7 Å². The highest BCUT2D eigenvalue weighted by Crippen LogP contribution is 2.19. The topological polar surface area (TPSA) is 68.5 Å². The number of ether oxygens (including phenoxy) is 1. The molecule has 0 spiro atoms. The molecule has 0 aliphatic carbocycles. The van der Waals surface area contributed by atoms with Crippen molar-refractivity contribution in [2.24, 2.45) is 0 Å². The number of Topliss-reactive ketones (excluding diaryl/α,β-unsaturated/α-hetero) is 1. The van der Waals surface area contributed by atoms with Crippen molar-refractivity contribution in [3.63, 3.8) is 0 Å². The second kappa shape index (κ2) is 8.67. The standard InChI is InChI=1S/C23H23NO4/c1-16-13-20(17(2)24(16)14-18-9-5-3-6-10-18)21(25)15-28-23(27)22(26)19-11-7-4-8-12-19/h3-13,22,26H,14-15H2,1-2H3/t22-/m1/s1. The van der Waals surface area contributed by atoms with E-state index in [1.165, 1.54) is 0 Å². The molecule has 28 heavy (non-hydrogen) atoms. The second-order valence-electron chi connectivity index (χ2n) is 6.70. The van der Waals surface area contributed by atoms with Gasteiger partial charge in [0, 0.05) is 23.5 Å². The molecule has 144 valence electrons. The molecule has 0 saturated heterocycles. The first-order chi connectivity index (χ1) is 13.5. The van der Waals surface area contributed by atoms with E-state index >= 15 is 0 Å². The maximum atomic E-state index is 12.6. The van der Waals surface area contributed by atoms with Gasteiger partial charge in [-0.15, -0.1) is 0 Å². The van der Waals surface area contributed by atoms with Crippen LogP contribution in [0.3, 0.4) is 0 Å². The van der Waals surface area contributed by atoms with Gasteiger partial charge < -0.3 is 14.4 Å². The lowest BCUT2D eigenvalue weighted by Crippen LogP contribution is -2.20. The maximum absolute atomic E-state index is 12.6. The average molecular weight is 377 g/mol. The molecule has 1 heterocycles. The molecule has 3 rings (SSSR count). The van der Waals surface area contributed by atoms with Gasteiger partial charge in [-0.25, -0.2) is 4.79 Å². The number of carbonyl (C=O) groups is 2. The van der Waals surface area contributed by atoms with E-state index in [1.807, 2.05) is 50.2 Å². The summed E-state index contributed by atoms with van der Waals surface area (Å²) in [6.07, 6.45) is -1.40. The van der Waals surface area contributed by atoms with Crippen molar-refractivity contribution in [1.29, 1.82) is 0 Å². The summed E-state index contributed by atoms with van der Waals surface area (Å²) in [6.45, 7) is 4.08. The van der Waals surface area contributed by atoms with Gasteiger partial charge in [0.2, 0.25) is 5.78 Å². The molecule has 2 aromatic carbocycles. The fraction of sp³-hybridized carbons (Fsp3) is 0.217. The van der Waals surface area contributed by atoms with Crippen LogP contribution in [0.25, 0.3) is 0 Å². The summed E-state index contributed by atoms with van der Waals surface area (Å²) in [5, 5.41) is 10.0. The number of nitrogens with zero attached hydrogens (tertiary/aromatic N) is 1. The van der Waals surface area contributed by atoms with Gasteiger partial charge in [0.1, 0.15) is 0 Å². The number of esters is 1. The zero-order chi connectivity index (χ0) is 20.1. The summed E-state index contributed by atoms with van der Waals surface area (Å²) in [5.74, 6) is -1.13. The highest BCUT2D eigenvalue weighted by Gasteiger charge is 2.22. The van der Waals surface area contributed by atoms with Gasteiger partial charge in [0.15, 0.2) is 12.7 Å². The third-order valence-electron chi connectivity index (χ3n) is 4.74. The summed E-state index contributed by atoms with van der Waals surface area (Å²) in [6, 6.07) is 20.3. The fourth-order valence-electron chi connectivity index (χ4n) is 3.16. The minimum Gasteiger partial charge on any atom is -0.455 e. The van der Waals surface area contributed by atoms with Crippen LogP contribution in [0.5, 0.6) is 0 Å². The van der Waals surface area contributed by atoms with E-state index in [0.717, 1.165) is 17.0 Å². The Labute approximate surface area is 164 Å². The van der Waals surface area contributed by atoms with E-state index in [1.54, 1.807) is 30.3 Å². The van der Waals surface area contributed by atoms with Crippen LogP contribution in [0.2, 0.25) is 0 Å². The largest absolute Gasteiger partial charge is 0.455 e. The zero-order valence-corrected chi connectivity index (χ0v) is 16.0. The number of aromatic nitrogens is 1. The molecule has 3 aromatic rings. The van der Waals surface area contributed by atoms with Crippen LogP contribution in [-0.4, -0.2) is 28.0 Å². The van der Waals surface area contributed by atoms with Crippen molar-refractivity contribution in [1.82, 2.24) is 4.57 Å². The lowest BCUT2D eigenvalue weighted by atomic mass is 10.1. The lowest BCUT2D eigenvalue weighted by molar-refractivity contribution is -0.152. The minimum absolute atomic E-state index is 0.291. The number of hydrogen-bond acceptors (Lipinski definition) is 4. The molecular weight excluding hydrogens is 354 g/mol. The number of hydrogen-bond donors (Lipinski definition) is 1. The van der Waals surface area contributed by atoms with Gasteiger partial charge in [-0.05, 0) is 31.0 Å². The predicted molar refractivity (Wildman–Crippen MR) is 106 cm³/mol. The SMILES string of the molecule is Cc1cc(C(=O)COC(=O)[C@H](O)c2ccccc2)c(C)n1Cc1ccccc1. The Morgan fingerprint density at radius 1 is 1.00 bits per heavy atom. The molecular formula is C23H23NO4. The lowest BCUT2D eigenvalue weighted by Gasteiger charge is -2.11. The fourth-order valence-corrected chi connectivity index (χ4v) is 3.16. The Morgan fingerprint density at radius 2 is 1.61 bits per heavy atom. The second-order valence-corrected chi connectivity index (χ2v) is 6.70. The highest BCUT2D eigenvalue weighted by molar-refractivity contribution is 5.99. The summed E-state index contributed by atoms with van der Waals surface area (Å²) in [7, 11) is 0. The maximum Gasteiger partial charge on any atom is 0.340 e. The van der Waals surface area contributed by atoms with Crippen molar-refractivity contribution in [2.75, 3.05) is 6.61 Å². The Bertz CT molecular complexity index is 961. The van der Waals surface area contributed by atoms with Crippen molar-refractivity contribution < 1.29 is 19.4 Å². The third-order valence-corrected chi connectivity index (χ3v) is 4.74. The molecule has 0 fully saturated rings. The van der Waals surface area contributed by atoms with Gasteiger partial charge in [-0.2, -0.15) is 0 Å². The van der Waals surface area contributed by atoms with Crippen LogP contribution < -0.4 is 0 Å². The normalized spacial score (nSPS) is 11.8. The van der Waals surface area contributed by atoms with Crippen molar-refractivity contribution in [3.05, 3.63) is 94.8 Å². The van der Waals surface area contributed by atoms with Crippen LogP contribution >= 0.6 is 0 Å². The number of rotatable bonds is 7. The van der Waals surface area contributed by atoms with Gasteiger partial charge in [0.25, 0.3) is 0 Å². The number of carbonyl (C=O) groups excluding carboxylic acids is 2. The summed E-state index contributed by atoms with van der Waals surface area (Å²) < 4.78 is 7.11. The first kappa shape index (κ1) is 19.6. The molecule has 0 amide bonds. The van der Waals surface area contributed by atoms with Crippen LogP contribution in [-0.2, 0) is 16.1 Å². The molecule has 0 aliphatic heterocycles. The summed E-state index contributed by atoms with van der Waals surface area (Å²) >= 11 is 0. The van der Waals surface area contributed by atoms with Crippen LogP contribution in [0, 0.1) is 13.8 Å². The molecule has 5 heteroatoms.